The highest BCUT2D eigenvalue weighted by Crippen LogP contribution is 2.40. The molecule has 1 N–H and O–H groups in total. The maximum atomic E-state index is 12.3. The Hall–Kier alpha value is -3.46. The number of nitrogens with zero attached hydrogens (tertiary/aromatic N) is 3. The second kappa shape index (κ2) is 8.49. The van der Waals surface area contributed by atoms with Crippen molar-refractivity contribution in [3.05, 3.63) is 80.7 Å². The number of thioether (sulfide) groups is 1. The molecule has 0 aliphatic carbocycles. The van der Waals surface area contributed by atoms with E-state index in [0.29, 0.717) is 10.6 Å². The molecular formula is C19H15N3O5S. The first-order valence-electron chi connectivity index (χ1n) is 8.23. The van der Waals surface area contributed by atoms with Gasteiger partial charge >= 0.3 is 5.97 Å². The fraction of sp³-hybridized carbons (Fsp3) is 0.105. The topological polar surface area (TPSA) is 115 Å². The molecule has 1 aliphatic heterocycles. The Morgan fingerprint density at radius 1 is 1.36 bits per heavy atom. The molecule has 0 saturated heterocycles. The molecule has 142 valence electrons. The van der Waals surface area contributed by atoms with E-state index in [4.69, 9.17) is 4.74 Å². The van der Waals surface area contributed by atoms with Crippen molar-refractivity contribution >= 4 is 40.2 Å². The number of aliphatic hydroxyl groups is 1. The van der Waals surface area contributed by atoms with Gasteiger partial charge in [-0.1, -0.05) is 17.8 Å². The van der Waals surface area contributed by atoms with E-state index < -0.39 is 10.9 Å². The van der Waals surface area contributed by atoms with Gasteiger partial charge in [0.2, 0.25) is 0 Å². The number of carbonyl (C=O) groups is 1. The summed E-state index contributed by atoms with van der Waals surface area (Å²) in [5.74, 6) is -0.921. The third-order valence-corrected chi connectivity index (χ3v) is 4.66. The molecule has 0 radical (unpaired) electrons. The summed E-state index contributed by atoms with van der Waals surface area (Å²) in [5.41, 5.74) is 1.05. The summed E-state index contributed by atoms with van der Waals surface area (Å²) in [6, 6.07) is 9.13. The number of rotatable bonds is 5. The number of nitro groups is 1. The van der Waals surface area contributed by atoms with Gasteiger partial charge in [-0.3, -0.25) is 15.1 Å². The maximum absolute atomic E-state index is 12.3. The van der Waals surface area contributed by atoms with Crippen molar-refractivity contribution in [2.75, 3.05) is 6.61 Å². The van der Waals surface area contributed by atoms with Crippen molar-refractivity contribution in [1.82, 2.24) is 4.98 Å². The van der Waals surface area contributed by atoms with Gasteiger partial charge in [0.05, 0.1) is 22.1 Å². The van der Waals surface area contributed by atoms with Crippen LogP contribution in [0, 0.1) is 10.1 Å². The molecule has 2 aromatic rings. The zero-order chi connectivity index (χ0) is 20.1. The van der Waals surface area contributed by atoms with Crippen molar-refractivity contribution in [1.29, 1.82) is 0 Å². The molecule has 8 nitrogen and oxygen atoms in total. The lowest BCUT2D eigenvalue weighted by molar-refractivity contribution is -0.384. The summed E-state index contributed by atoms with van der Waals surface area (Å²) in [6.45, 7) is 1.81. The quantitative estimate of drug-likeness (QED) is 0.457. The number of aliphatic hydroxyl groups excluding tert-OH is 1. The molecule has 0 fully saturated rings. The van der Waals surface area contributed by atoms with Crippen LogP contribution in [0.4, 0.5) is 11.4 Å². The summed E-state index contributed by atoms with van der Waals surface area (Å²) in [7, 11) is 0. The van der Waals surface area contributed by atoms with E-state index in [9.17, 15) is 20.0 Å². The molecule has 0 unspecified atom stereocenters. The molecule has 1 aromatic carbocycles. The predicted molar refractivity (Wildman–Crippen MR) is 106 cm³/mol. The normalized spacial score (nSPS) is 16.6. The Bertz CT molecular complexity index is 998. The number of pyridine rings is 1. The van der Waals surface area contributed by atoms with Crippen LogP contribution in [-0.2, 0) is 9.53 Å². The zero-order valence-corrected chi connectivity index (χ0v) is 15.5. The predicted octanol–water partition coefficient (Wildman–Crippen LogP) is 4.18. The van der Waals surface area contributed by atoms with E-state index in [2.05, 4.69) is 9.98 Å². The standard InChI is InChI=1S/C19H15N3O5S/c1-2-27-19(24)16-17(23)15(10-12-4-3-9-20-11-12)28-18(16)21-13-5-7-14(8-6-13)22(25)26/h3-11,23H,2H2,1H3/b15-10-,21-18?. The average Bonchev–Trinajstić information content (AvgIpc) is 2.98. The van der Waals surface area contributed by atoms with Crippen LogP contribution in [0.3, 0.4) is 0 Å². The second-order valence-corrected chi connectivity index (χ2v) is 6.56. The van der Waals surface area contributed by atoms with Crippen molar-refractivity contribution in [2.24, 2.45) is 4.99 Å². The minimum Gasteiger partial charge on any atom is -0.506 e. The maximum Gasteiger partial charge on any atom is 0.344 e. The number of hydrogen-bond donors (Lipinski definition) is 1. The fourth-order valence-electron chi connectivity index (χ4n) is 2.37. The lowest BCUT2D eigenvalue weighted by Gasteiger charge is -2.03. The Morgan fingerprint density at radius 3 is 2.71 bits per heavy atom. The van der Waals surface area contributed by atoms with Crippen molar-refractivity contribution in [2.45, 2.75) is 6.92 Å². The minimum atomic E-state index is -0.692. The first-order chi connectivity index (χ1) is 13.5. The molecular weight excluding hydrogens is 382 g/mol. The zero-order valence-electron chi connectivity index (χ0n) is 14.7. The van der Waals surface area contributed by atoms with Crippen molar-refractivity contribution < 1.29 is 19.6 Å². The second-order valence-electron chi connectivity index (χ2n) is 5.53. The number of esters is 1. The van der Waals surface area contributed by atoms with Crippen LogP contribution in [-0.4, -0.2) is 32.6 Å². The van der Waals surface area contributed by atoms with Gasteiger partial charge in [-0.15, -0.1) is 0 Å². The largest absolute Gasteiger partial charge is 0.506 e. The summed E-state index contributed by atoms with van der Waals surface area (Å²) in [6.07, 6.45) is 4.94. The molecule has 0 amide bonds. The van der Waals surface area contributed by atoms with E-state index in [0.717, 1.165) is 17.3 Å². The monoisotopic (exact) mass is 397 g/mol. The lowest BCUT2D eigenvalue weighted by Crippen LogP contribution is -2.12. The number of nitro benzene ring substituents is 1. The SMILES string of the molecule is CCOC(=O)C1=C(O)/C(=C/c2cccnc2)SC1=Nc1ccc([N+](=O)[O-])cc1. The van der Waals surface area contributed by atoms with E-state index in [-0.39, 0.29) is 28.7 Å². The van der Waals surface area contributed by atoms with Crippen LogP contribution < -0.4 is 0 Å². The first kappa shape index (κ1) is 19.3. The van der Waals surface area contributed by atoms with Gasteiger partial charge in [0.25, 0.3) is 5.69 Å². The van der Waals surface area contributed by atoms with E-state index in [1.54, 1.807) is 31.5 Å². The van der Waals surface area contributed by atoms with Crippen LogP contribution in [0.25, 0.3) is 6.08 Å². The lowest BCUT2D eigenvalue weighted by atomic mass is 10.2. The average molecular weight is 397 g/mol. The van der Waals surface area contributed by atoms with Gasteiger partial charge in [0, 0.05) is 24.5 Å². The van der Waals surface area contributed by atoms with Crippen molar-refractivity contribution in [3.63, 3.8) is 0 Å². The van der Waals surface area contributed by atoms with E-state index in [1.165, 1.54) is 24.3 Å². The number of ether oxygens (including phenoxy) is 1. The summed E-state index contributed by atoms with van der Waals surface area (Å²) in [5, 5.41) is 21.6. The third-order valence-electron chi connectivity index (χ3n) is 3.64. The van der Waals surface area contributed by atoms with Gasteiger partial charge in [0.15, 0.2) is 0 Å². The summed E-state index contributed by atoms with van der Waals surface area (Å²) in [4.78, 5) is 31.4. The number of aliphatic imine (C=N–C) groups is 1. The van der Waals surface area contributed by atoms with E-state index in [1.807, 2.05) is 6.07 Å². The van der Waals surface area contributed by atoms with Crippen LogP contribution in [0.5, 0.6) is 0 Å². The first-order valence-corrected chi connectivity index (χ1v) is 9.05. The Morgan fingerprint density at radius 2 is 2.11 bits per heavy atom. The number of non-ortho nitro benzene ring substituents is 1. The fourth-order valence-corrected chi connectivity index (χ4v) is 3.41. The van der Waals surface area contributed by atoms with Gasteiger partial charge in [0.1, 0.15) is 16.4 Å². The summed E-state index contributed by atoms with van der Waals surface area (Å²) >= 11 is 1.11. The molecule has 0 atom stereocenters. The highest BCUT2D eigenvalue weighted by molar-refractivity contribution is 8.18. The van der Waals surface area contributed by atoms with Crippen LogP contribution in [0.2, 0.25) is 0 Å². The molecule has 0 spiro atoms. The highest BCUT2D eigenvalue weighted by atomic mass is 32.2. The van der Waals surface area contributed by atoms with Gasteiger partial charge < -0.3 is 9.84 Å². The van der Waals surface area contributed by atoms with Gasteiger partial charge in [-0.2, -0.15) is 0 Å². The summed E-state index contributed by atoms with van der Waals surface area (Å²) < 4.78 is 5.03. The number of benzene rings is 1. The van der Waals surface area contributed by atoms with Crippen LogP contribution in [0.1, 0.15) is 12.5 Å². The third kappa shape index (κ3) is 4.26. The van der Waals surface area contributed by atoms with Gasteiger partial charge in [-0.05, 0) is 36.8 Å². The van der Waals surface area contributed by atoms with Gasteiger partial charge in [-0.25, -0.2) is 9.79 Å². The smallest absolute Gasteiger partial charge is 0.344 e. The van der Waals surface area contributed by atoms with E-state index >= 15 is 0 Å². The Balaban J connectivity index is 2.00. The highest BCUT2D eigenvalue weighted by Gasteiger charge is 2.33. The van der Waals surface area contributed by atoms with Crippen LogP contribution in [0.15, 0.2) is 70.0 Å². The number of carbonyl (C=O) groups excluding carboxylic acids is 1. The molecule has 2 heterocycles. The molecule has 9 heteroatoms. The molecule has 28 heavy (non-hydrogen) atoms. The molecule has 1 aliphatic rings. The molecule has 0 bridgehead atoms. The Kier molecular flexibility index (Phi) is 5.85. The number of aromatic nitrogens is 1. The Labute approximate surface area is 164 Å². The molecule has 1 aromatic heterocycles. The molecule has 3 rings (SSSR count). The minimum absolute atomic E-state index is 0.0413. The molecule has 0 saturated carbocycles. The number of hydrogen-bond acceptors (Lipinski definition) is 8. The van der Waals surface area contributed by atoms with Crippen molar-refractivity contribution in [3.8, 4) is 0 Å². The van der Waals surface area contributed by atoms with Crippen LogP contribution >= 0.6 is 11.8 Å².